The zero-order chi connectivity index (χ0) is 23.4. The van der Waals surface area contributed by atoms with E-state index in [1.165, 1.54) is 35.4 Å². The van der Waals surface area contributed by atoms with E-state index >= 15 is 0 Å². The Bertz CT molecular complexity index is 1070. The van der Waals surface area contributed by atoms with Gasteiger partial charge in [0.15, 0.2) is 17.6 Å². The summed E-state index contributed by atoms with van der Waals surface area (Å²) in [4.78, 5) is 11.7. The van der Waals surface area contributed by atoms with E-state index in [1.807, 2.05) is 6.07 Å². The molecule has 0 bridgehead atoms. The molecule has 1 aliphatic carbocycles. The normalized spacial score (nSPS) is 16.8. The van der Waals surface area contributed by atoms with Crippen LogP contribution in [0.5, 0.6) is 23.0 Å². The molecule has 0 aromatic heterocycles. The number of carbonyl (C=O) groups excluding carboxylic acids is 1. The van der Waals surface area contributed by atoms with E-state index in [-0.39, 0.29) is 12.1 Å². The van der Waals surface area contributed by atoms with Crippen molar-refractivity contribution in [2.24, 2.45) is 5.16 Å². The Hall–Kier alpha value is -3.39. The van der Waals surface area contributed by atoms with Gasteiger partial charge in [-0.25, -0.2) is 0 Å². The second kappa shape index (κ2) is 9.82. The summed E-state index contributed by atoms with van der Waals surface area (Å²) in [7, 11) is 6.06. The molecule has 8 nitrogen and oxygen atoms in total. The number of methoxy groups -OCH3 is 4. The number of hydrogen-bond donors (Lipinski definition) is 1. The standard InChI is InChI=1S/C23H24ClNO7/c1-12(26)32-18-11-15(13-6-7-17(28-2)16(24)8-13)21(22(18)25-27)14-9-19(29-3)23(31-5)20(10-14)30-4/h6-10,18,27H,11H2,1-5H3/b25-22+. The van der Waals surface area contributed by atoms with Crippen molar-refractivity contribution in [3.05, 3.63) is 46.5 Å². The van der Waals surface area contributed by atoms with E-state index in [0.717, 1.165) is 11.1 Å². The number of esters is 1. The zero-order valence-electron chi connectivity index (χ0n) is 18.4. The first-order valence-corrected chi connectivity index (χ1v) is 10.0. The van der Waals surface area contributed by atoms with Crippen molar-refractivity contribution < 1.29 is 33.7 Å². The molecule has 0 saturated carbocycles. The second-order valence-corrected chi connectivity index (χ2v) is 7.31. The lowest BCUT2D eigenvalue weighted by Gasteiger charge is -2.16. The fourth-order valence-electron chi connectivity index (χ4n) is 3.78. The van der Waals surface area contributed by atoms with Crippen LogP contribution in [0, 0.1) is 0 Å². The zero-order valence-corrected chi connectivity index (χ0v) is 19.1. The molecular weight excluding hydrogens is 438 g/mol. The second-order valence-electron chi connectivity index (χ2n) is 6.90. The quantitative estimate of drug-likeness (QED) is 0.369. The lowest BCUT2D eigenvalue weighted by atomic mass is 9.95. The Balaban J connectivity index is 2.28. The van der Waals surface area contributed by atoms with E-state index in [0.29, 0.717) is 39.2 Å². The fraction of sp³-hybridized carbons (Fsp3) is 0.304. The van der Waals surface area contributed by atoms with Crippen LogP contribution in [0.3, 0.4) is 0 Å². The highest BCUT2D eigenvalue weighted by Crippen LogP contribution is 2.46. The first-order valence-electron chi connectivity index (χ1n) is 9.65. The Morgan fingerprint density at radius 2 is 1.59 bits per heavy atom. The number of halogens is 1. The summed E-state index contributed by atoms with van der Waals surface area (Å²) in [6.45, 7) is 1.30. The Labute approximate surface area is 190 Å². The summed E-state index contributed by atoms with van der Waals surface area (Å²) in [5.74, 6) is 1.31. The molecule has 3 rings (SSSR count). The molecule has 0 saturated heterocycles. The van der Waals surface area contributed by atoms with Gasteiger partial charge in [-0.3, -0.25) is 4.79 Å². The number of oxime groups is 1. The monoisotopic (exact) mass is 461 g/mol. The van der Waals surface area contributed by atoms with Crippen LogP contribution >= 0.6 is 11.6 Å². The summed E-state index contributed by atoms with van der Waals surface area (Å²) in [6.07, 6.45) is -0.490. The van der Waals surface area contributed by atoms with Crippen molar-refractivity contribution in [3.63, 3.8) is 0 Å². The maximum absolute atomic E-state index is 11.7. The van der Waals surface area contributed by atoms with Crippen molar-refractivity contribution >= 4 is 34.4 Å². The molecule has 0 spiro atoms. The average Bonchev–Trinajstić information content (AvgIpc) is 3.15. The van der Waals surface area contributed by atoms with E-state index in [2.05, 4.69) is 5.16 Å². The minimum Gasteiger partial charge on any atom is -0.495 e. The van der Waals surface area contributed by atoms with E-state index in [1.54, 1.807) is 24.3 Å². The Morgan fingerprint density at radius 1 is 0.969 bits per heavy atom. The van der Waals surface area contributed by atoms with Gasteiger partial charge in [0.2, 0.25) is 5.75 Å². The molecule has 9 heteroatoms. The average molecular weight is 462 g/mol. The number of benzene rings is 2. The molecule has 2 aromatic rings. The maximum atomic E-state index is 11.7. The molecular formula is C23H24ClNO7. The lowest BCUT2D eigenvalue weighted by Crippen LogP contribution is -2.23. The Morgan fingerprint density at radius 3 is 2.06 bits per heavy atom. The van der Waals surface area contributed by atoms with Crippen molar-refractivity contribution in [2.75, 3.05) is 28.4 Å². The van der Waals surface area contributed by atoms with Crippen LogP contribution in [0.1, 0.15) is 24.5 Å². The number of hydrogen-bond acceptors (Lipinski definition) is 8. The molecule has 0 amide bonds. The van der Waals surface area contributed by atoms with Gasteiger partial charge in [-0.15, -0.1) is 0 Å². The predicted octanol–water partition coefficient (Wildman–Crippen LogP) is 4.45. The van der Waals surface area contributed by atoms with Crippen LogP contribution in [0.4, 0.5) is 0 Å². The van der Waals surface area contributed by atoms with Gasteiger partial charge < -0.3 is 28.9 Å². The molecule has 2 aromatic carbocycles. The molecule has 1 N–H and O–H groups in total. The van der Waals surface area contributed by atoms with Gasteiger partial charge in [-0.2, -0.15) is 0 Å². The minimum atomic E-state index is -0.775. The van der Waals surface area contributed by atoms with E-state index in [9.17, 15) is 10.0 Å². The van der Waals surface area contributed by atoms with Crippen molar-refractivity contribution in [3.8, 4) is 23.0 Å². The van der Waals surface area contributed by atoms with Crippen LogP contribution in [0.25, 0.3) is 11.1 Å². The van der Waals surface area contributed by atoms with Gasteiger partial charge in [0.25, 0.3) is 0 Å². The largest absolute Gasteiger partial charge is 0.495 e. The molecule has 0 fully saturated rings. The van der Waals surface area contributed by atoms with Crippen LogP contribution < -0.4 is 18.9 Å². The van der Waals surface area contributed by atoms with Crippen molar-refractivity contribution in [2.45, 2.75) is 19.4 Å². The number of ether oxygens (including phenoxy) is 5. The topological polar surface area (TPSA) is 95.8 Å². The SMILES string of the molecule is COc1ccc(C2=C(c3cc(OC)c(OC)c(OC)c3)/C(=N/O)C(OC(C)=O)C2)cc1Cl. The third-order valence-corrected chi connectivity index (χ3v) is 5.42. The third kappa shape index (κ3) is 4.31. The molecule has 0 heterocycles. The third-order valence-electron chi connectivity index (χ3n) is 5.12. The van der Waals surface area contributed by atoms with Gasteiger partial charge in [0.1, 0.15) is 11.5 Å². The van der Waals surface area contributed by atoms with Gasteiger partial charge in [0.05, 0.1) is 33.5 Å². The minimum absolute atomic E-state index is 0.205. The lowest BCUT2D eigenvalue weighted by molar-refractivity contribution is -0.143. The van der Waals surface area contributed by atoms with Crippen LogP contribution in [-0.4, -0.2) is 51.4 Å². The summed E-state index contributed by atoms with van der Waals surface area (Å²) >= 11 is 6.36. The molecule has 170 valence electrons. The van der Waals surface area contributed by atoms with Gasteiger partial charge in [-0.1, -0.05) is 22.8 Å². The summed E-state index contributed by atoms with van der Waals surface area (Å²) < 4.78 is 27.0. The predicted molar refractivity (Wildman–Crippen MR) is 120 cm³/mol. The van der Waals surface area contributed by atoms with E-state index < -0.39 is 12.1 Å². The molecule has 1 aliphatic rings. The highest BCUT2D eigenvalue weighted by Gasteiger charge is 2.36. The highest BCUT2D eigenvalue weighted by molar-refractivity contribution is 6.36. The Kier molecular flexibility index (Phi) is 7.15. The molecule has 32 heavy (non-hydrogen) atoms. The summed E-state index contributed by atoms with van der Waals surface area (Å²) in [5, 5.41) is 13.8. The van der Waals surface area contributed by atoms with Gasteiger partial charge >= 0.3 is 5.97 Å². The fourth-order valence-corrected chi connectivity index (χ4v) is 4.03. The first-order chi connectivity index (χ1) is 15.4. The number of nitrogens with zero attached hydrogens (tertiary/aromatic N) is 1. The smallest absolute Gasteiger partial charge is 0.303 e. The van der Waals surface area contributed by atoms with Crippen molar-refractivity contribution in [1.82, 2.24) is 0 Å². The number of rotatable bonds is 7. The van der Waals surface area contributed by atoms with Crippen LogP contribution in [-0.2, 0) is 9.53 Å². The molecule has 0 aliphatic heterocycles. The molecule has 1 atom stereocenters. The van der Waals surface area contributed by atoms with Gasteiger partial charge in [0, 0.05) is 18.9 Å². The number of carbonyl (C=O) groups is 1. The van der Waals surface area contributed by atoms with Crippen molar-refractivity contribution in [1.29, 1.82) is 0 Å². The summed E-state index contributed by atoms with van der Waals surface area (Å²) in [5.41, 5.74) is 2.93. The molecule has 1 unspecified atom stereocenters. The molecule has 0 radical (unpaired) electrons. The van der Waals surface area contributed by atoms with E-state index in [4.69, 9.17) is 35.3 Å². The first kappa shape index (κ1) is 23.3. The maximum Gasteiger partial charge on any atom is 0.303 e. The highest BCUT2D eigenvalue weighted by atomic mass is 35.5. The van der Waals surface area contributed by atoms with Gasteiger partial charge in [-0.05, 0) is 41.0 Å². The van der Waals surface area contributed by atoms with Crippen LogP contribution in [0.15, 0.2) is 35.5 Å². The van der Waals surface area contributed by atoms with Crippen LogP contribution in [0.2, 0.25) is 5.02 Å². The summed E-state index contributed by atoms with van der Waals surface area (Å²) in [6, 6.07) is 8.81.